The van der Waals surface area contributed by atoms with Gasteiger partial charge < -0.3 is 9.26 Å². The second-order valence-corrected chi connectivity index (χ2v) is 6.01. The van der Waals surface area contributed by atoms with Crippen molar-refractivity contribution >= 4 is 17.5 Å². The second kappa shape index (κ2) is 7.44. The summed E-state index contributed by atoms with van der Waals surface area (Å²) in [6, 6.07) is 5.80. The molecule has 0 N–H and O–H groups in total. The van der Waals surface area contributed by atoms with Crippen molar-refractivity contribution in [3.8, 4) is 5.75 Å². The number of ether oxygens (including phenoxy) is 1. The van der Waals surface area contributed by atoms with Crippen molar-refractivity contribution in [2.45, 2.75) is 20.3 Å². The zero-order valence-electron chi connectivity index (χ0n) is 14.9. The van der Waals surface area contributed by atoms with Crippen LogP contribution in [0.25, 0.3) is 0 Å². The maximum absolute atomic E-state index is 12.8. The van der Waals surface area contributed by atoms with Crippen LogP contribution in [0.15, 0.2) is 28.8 Å². The lowest BCUT2D eigenvalue weighted by atomic mass is 10.2. The maximum atomic E-state index is 12.8. The number of hydrogen-bond donors (Lipinski definition) is 0. The number of para-hydroxylation sites is 2. The highest BCUT2D eigenvalue weighted by Crippen LogP contribution is 2.26. The van der Waals surface area contributed by atoms with Crippen molar-refractivity contribution < 1.29 is 23.8 Å². The Morgan fingerprint density at radius 1 is 1.26 bits per heavy atom. The first-order valence-electron chi connectivity index (χ1n) is 8.31. The topological polar surface area (TPSA) is 119 Å². The number of hydrazine groups is 1. The van der Waals surface area contributed by atoms with Gasteiger partial charge in [0, 0.05) is 19.2 Å². The number of carbonyl (C=O) groups is 2. The lowest BCUT2D eigenvalue weighted by Crippen LogP contribution is -2.46. The molecule has 0 saturated carbocycles. The third kappa shape index (κ3) is 3.59. The fourth-order valence-corrected chi connectivity index (χ4v) is 2.94. The van der Waals surface area contributed by atoms with Crippen LogP contribution in [0.1, 0.15) is 28.2 Å². The molecule has 0 bridgehead atoms. The number of rotatable bonds is 5. The molecule has 0 atom stereocenters. The van der Waals surface area contributed by atoms with Crippen molar-refractivity contribution in [1.29, 1.82) is 0 Å². The van der Waals surface area contributed by atoms with E-state index in [0.29, 0.717) is 36.5 Å². The highest BCUT2D eigenvalue weighted by atomic mass is 16.6. The Morgan fingerprint density at radius 3 is 2.63 bits per heavy atom. The van der Waals surface area contributed by atoms with Crippen LogP contribution in [0.5, 0.6) is 5.75 Å². The summed E-state index contributed by atoms with van der Waals surface area (Å²) >= 11 is 0. The Labute approximate surface area is 154 Å². The van der Waals surface area contributed by atoms with E-state index in [2.05, 4.69) is 5.16 Å². The number of nitro groups is 1. The molecule has 1 aromatic carbocycles. The predicted molar refractivity (Wildman–Crippen MR) is 91.9 cm³/mol. The van der Waals surface area contributed by atoms with Gasteiger partial charge in [0.1, 0.15) is 11.3 Å². The van der Waals surface area contributed by atoms with Crippen LogP contribution in [0.3, 0.4) is 0 Å². The quantitative estimate of drug-likeness (QED) is 0.579. The molecule has 0 spiro atoms. The largest absolute Gasteiger partial charge is 0.477 e. The smallest absolute Gasteiger partial charge is 0.310 e. The van der Waals surface area contributed by atoms with Crippen LogP contribution in [-0.4, -0.2) is 51.6 Å². The molecule has 0 radical (unpaired) electrons. The minimum Gasteiger partial charge on any atom is -0.477 e. The average molecular weight is 374 g/mol. The Bertz CT molecular complexity index is 874. The first-order chi connectivity index (χ1) is 12.9. The number of aromatic nitrogens is 1. The first-order valence-corrected chi connectivity index (χ1v) is 8.31. The molecule has 10 nitrogen and oxygen atoms in total. The zero-order chi connectivity index (χ0) is 19.6. The minimum absolute atomic E-state index is 0.00125. The van der Waals surface area contributed by atoms with Gasteiger partial charge in [-0.2, -0.15) is 0 Å². The van der Waals surface area contributed by atoms with Gasteiger partial charge in [-0.25, -0.2) is 10.0 Å². The van der Waals surface area contributed by atoms with Crippen LogP contribution < -0.4 is 4.74 Å². The van der Waals surface area contributed by atoms with Crippen molar-refractivity contribution in [3.05, 3.63) is 51.4 Å². The highest BCUT2D eigenvalue weighted by molar-refractivity contribution is 5.97. The third-order valence-corrected chi connectivity index (χ3v) is 4.21. The van der Waals surface area contributed by atoms with Crippen molar-refractivity contribution in [3.63, 3.8) is 0 Å². The van der Waals surface area contributed by atoms with Gasteiger partial charge in [0.2, 0.25) is 0 Å². The van der Waals surface area contributed by atoms with Gasteiger partial charge >= 0.3 is 5.69 Å². The standard InChI is InChI=1S/C17H18N4O6/c1-11-16(12(2)27-18-11)17(23)20-9-5-8-19(20)15(22)10-26-14-7-4-3-6-13(14)21(24)25/h3-4,6-7H,5,8-10H2,1-2H3. The molecular formula is C17H18N4O6. The Hall–Kier alpha value is -3.43. The summed E-state index contributed by atoms with van der Waals surface area (Å²) in [5.41, 5.74) is 0.553. The number of nitrogens with zero attached hydrogens (tertiary/aromatic N) is 4. The van der Waals surface area contributed by atoms with E-state index in [1.165, 1.54) is 28.2 Å². The highest BCUT2D eigenvalue weighted by Gasteiger charge is 2.34. The van der Waals surface area contributed by atoms with Crippen molar-refractivity contribution in [2.75, 3.05) is 19.7 Å². The summed E-state index contributed by atoms with van der Waals surface area (Å²) in [7, 11) is 0. The molecule has 2 amide bonds. The molecule has 0 aliphatic carbocycles. The van der Waals surface area contributed by atoms with E-state index in [1.807, 2.05) is 0 Å². The fraction of sp³-hybridized carbons (Fsp3) is 0.353. The number of hydrogen-bond acceptors (Lipinski definition) is 7. The molecule has 1 aliphatic rings. The van der Waals surface area contributed by atoms with Crippen LogP contribution >= 0.6 is 0 Å². The van der Waals surface area contributed by atoms with Crippen LogP contribution in [0, 0.1) is 24.0 Å². The molecule has 142 valence electrons. The second-order valence-electron chi connectivity index (χ2n) is 6.01. The zero-order valence-corrected chi connectivity index (χ0v) is 14.9. The maximum Gasteiger partial charge on any atom is 0.310 e. The molecule has 1 aromatic heterocycles. The van der Waals surface area contributed by atoms with E-state index >= 15 is 0 Å². The third-order valence-electron chi connectivity index (χ3n) is 4.21. The molecular weight excluding hydrogens is 356 g/mol. The Kier molecular flexibility index (Phi) is 5.06. The fourth-order valence-electron chi connectivity index (χ4n) is 2.94. The predicted octanol–water partition coefficient (Wildman–Crippen LogP) is 1.87. The van der Waals surface area contributed by atoms with E-state index in [-0.39, 0.29) is 17.3 Å². The van der Waals surface area contributed by atoms with E-state index in [1.54, 1.807) is 19.9 Å². The molecule has 1 saturated heterocycles. The molecule has 1 fully saturated rings. The van der Waals surface area contributed by atoms with Crippen LogP contribution in [0.2, 0.25) is 0 Å². The molecule has 0 unspecified atom stereocenters. The summed E-state index contributed by atoms with van der Waals surface area (Å²) in [4.78, 5) is 35.8. The van der Waals surface area contributed by atoms with Gasteiger partial charge in [0.25, 0.3) is 11.8 Å². The first kappa shape index (κ1) is 18.4. The lowest BCUT2D eigenvalue weighted by Gasteiger charge is -2.27. The van der Waals surface area contributed by atoms with E-state index in [0.717, 1.165) is 0 Å². The molecule has 3 rings (SSSR count). The SMILES string of the molecule is Cc1noc(C)c1C(=O)N1CCCN1C(=O)COc1ccccc1[N+](=O)[O-]. The van der Waals surface area contributed by atoms with Gasteiger partial charge in [0.15, 0.2) is 12.4 Å². The molecule has 2 aromatic rings. The van der Waals surface area contributed by atoms with Crippen molar-refractivity contribution in [2.24, 2.45) is 0 Å². The number of aryl methyl sites for hydroxylation is 2. The van der Waals surface area contributed by atoms with Gasteiger partial charge in [-0.05, 0) is 26.3 Å². The lowest BCUT2D eigenvalue weighted by molar-refractivity contribution is -0.385. The van der Waals surface area contributed by atoms with Crippen LogP contribution in [-0.2, 0) is 4.79 Å². The molecule has 27 heavy (non-hydrogen) atoms. The number of amides is 2. The van der Waals surface area contributed by atoms with E-state index < -0.39 is 17.4 Å². The van der Waals surface area contributed by atoms with Crippen LogP contribution in [0.4, 0.5) is 5.69 Å². The monoisotopic (exact) mass is 374 g/mol. The van der Waals surface area contributed by atoms with E-state index in [9.17, 15) is 19.7 Å². The molecule has 2 heterocycles. The average Bonchev–Trinajstić information content (AvgIpc) is 3.26. The summed E-state index contributed by atoms with van der Waals surface area (Å²) in [6.45, 7) is 3.60. The number of carbonyl (C=O) groups excluding carboxylic acids is 2. The van der Waals surface area contributed by atoms with Gasteiger partial charge in [0.05, 0.1) is 10.6 Å². The molecule has 1 aliphatic heterocycles. The Morgan fingerprint density at radius 2 is 1.96 bits per heavy atom. The number of nitro benzene ring substituents is 1. The van der Waals surface area contributed by atoms with E-state index in [4.69, 9.17) is 9.26 Å². The molecule has 10 heteroatoms. The number of benzene rings is 1. The normalized spacial score (nSPS) is 13.7. The summed E-state index contributed by atoms with van der Waals surface area (Å²) in [5.74, 6) is -0.458. The summed E-state index contributed by atoms with van der Waals surface area (Å²) < 4.78 is 10.4. The minimum atomic E-state index is -0.580. The Balaban J connectivity index is 1.71. The van der Waals surface area contributed by atoms with Gasteiger partial charge in [-0.15, -0.1) is 0 Å². The van der Waals surface area contributed by atoms with Gasteiger partial charge in [-0.1, -0.05) is 17.3 Å². The summed E-state index contributed by atoms with van der Waals surface area (Å²) in [6.07, 6.45) is 0.617. The van der Waals surface area contributed by atoms with Crippen molar-refractivity contribution in [1.82, 2.24) is 15.2 Å². The van der Waals surface area contributed by atoms with Gasteiger partial charge in [-0.3, -0.25) is 19.7 Å². The summed E-state index contributed by atoms with van der Waals surface area (Å²) in [5, 5.41) is 17.4.